The molecule has 0 radical (unpaired) electrons. The van der Waals surface area contributed by atoms with E-state index in [0.717, 1.165) is 0 Å². The molecule has 0 aliphatic rings. The van der Waals surface area contributed by atoms with Gasteiger partial charge in [-0.2, -0.15) is 4.98 Å². The van der Waals surface area contributed by atoms with Gasteiger partial charge in [0.1, 0.15) is 5.82 Å². The number of carbonyl (C=O) groups is 1. The maximum Gasteiger partial charge on any atom is 0.262 e. The lowest BCUT2D eigenvalue weighted by Gasteiger charge is -2.22. The third kappa shape index (κ3) is 3.79. The fourth-order valence-electron chi connectivity index (χ4n) is 2.81. The summed E-state index contributed by atoms with van der Waals surface area (Å²) >= 11 is 1.24. The first-order valence-corrected chi connectivity index (χ1v) is 9.72. The van der Waals surface area contributed by atoms with Crippen LogP contribution in [0.3, 0.4) is 0 Å². The molecule has 0 unspecified atom stereocenters. The second kappa shape index (κ2) is 7.25. The molecule has 0 atom stereocenters. The number of aromatic nitrogens is 2. The van der Waals surface area contributed by atoms with Crippen LogP contribution in [-0.2, 0) is 22.3 Å². The van der Waals surface area contributed by atoms with Gasteiger partial charge in [-0.25, -0.2) is 4.39 Å². The average molecular weight is 405 g/mol. The molecule has 1 aromatic carbocycles. The van der Waals surface area contributed by atoms with Gasteiger partial charge in [-0.1, -0.05) is 32.0 Å². The van der Waals surface area contributed by atoms with E-state index in [0.29, 0.717) is 32.2 Å². The topological polar surface area (TPSA) is 77.2 Å². The Hall–Kier alpha value is -2.32. The highest BCUT2D eigenvalue weighted by atomic mass is 32.1. The molecule has 0 aliphatic heterocycles. The van der Waals surface area contributed by atoms with Gasteiger partial charge in [-0.05, 0) is 26.0 Å². The number of carbonyl (C=O) groups excluding carboxylic acids is 1. The van der Waals surface area contributed by atoms with Gasteiger partial charge < -0.3 is 14.6 Å². The predicted molar refractivity (Wildman–Crippen MR) is 106 cm³/mol. The van der Waals surface area contributed by atoms with E-state index in [4.69, 9.17) is 9.26 Å². The first kappa shape index (κ1) is 20.4. The molecule has 28 heavy (non-hydrogen) atoms. The van der Waals surface area contributed by atoms with E-state index in [2.05, 4.69) is 15.5 Å². The quantitative estimate of drug-likeness (QED) is 0.675. The molecule has 0 aliphatic carbocycles. The molecular weight excluding hydrogens is 381 g/mol. The minimum Gasteiger partial charge on any atom is -0.380 e. The molecule has 1 amide bonds. The Morgan fingerprint density at radius 1 is 1.29 bits per heavy atom. The van der Waals surface area contributed by atoms with Crippen molar-refractivity contribution in [2.24, 2.45) is 0 Å². The number of amides is 1. The van der Waals surface area contributed by atoms with Crippen molar-refractivity contribution < 1.29 is 18.4 Å². The highest BCUT2D eigenvalue weighted by Gasteiger charge is 2.33. The summed E-state index contributed by atoms with van der Waals surface area (Å²) in [5, 5.41) is 7.40. The molecule has 6 nitrogen and oxygen atoms in total. The highest BCUT2D eigenvalue weighted by molar-refractivity contribution is 7.21. The van der Waals surface area contributed by atoms with Crippen LogP contribution >= 0.6 is 11.3 Å². The van der Waals surface area contributed by atoms with Crippen LogP contribution < -0.4 is 5.32 Å². The summed E-state index contributed by atoms with van der Waals surface area (Å²) in [7, 11) is 1.52. The Balaban J connectivity index is 1.95. The number of nitrogens with zero attached hydrogens (tertiary/aromatic N) is 2. The number of hydrogen-bond donors (Lipinski definition) is 1. The Kier molecular flexibility index (Phi) is 5.29. The molecule has 8 heteroatoms. The van der Waals surface area contributed by atoms with Gasteiger partial charge in [0.25, 0.3) is 5.91 Å². The number of benzene rings is 1. The SMILES string of the molecule is COCc1c(C(=O)NC(C)(C)c2noc(C(C)(C)C)n2)sc2cccc(F)c12. The predicted octanol–water partition coefficient (Wildman–Crippen LogP) is 4.53. The minimum atomic E-state index is -0.872. The summed E-state index contributed by atoms with van der Waals surface area (Å²) in [5.74, 6) is 0.173. The zero-order valence-corrected chi connectivity index (χ0v) is 17.7. The standard InChI is InChI=1S/C20H24FN3O3S/c1-19(2,3)18-22-17(24-27-18)20(4,5)23-16(25)15-11(10-26-6)14-12(21)8-7-9-13(14)28-15/h7-9H,10H2,1-6H3,(H,23,25). The van der Waals surface area contributed by atoms with Crippen LogP contribution in [0.5, 0.6) is 0 Å². The molecule has 0 saturated heterocycles. The van der Waals surface area contributed by atoms with Gasteiger partial charge in [-0.3, -0.25) is 4.79 Å². The largest absolute Gasteiger partial charge is 0.380 e. The van der Waals surface area contributed by atoms with Crippen molar-refractivity contribution in [1.82, 2.24) is 15.5 Å². The van der Waals surface area contributed by atoms with Crippen molar-refractivity contribution in [3.63, 3.8) is 0 Å². The van der Waals surface area contributed by atoms with E-state index in [1.807, 2.05) is 20.8 Å². The van der Waals surface area contributed by atoms with Crippen molar-refractivity contribution >= 4 is 27.3 Å². The molecule has 150 valence electrons. The van der Waals surface area contributed by atoms with Crippen LogP contribution in [0.4, 0.5) is 4.39 Å². The van der Waals surface area contributed by atoms with Crippen LogP contribution in [0.15, 0.2) is 22.7 Å². The van der Waals surface area contributed by atoms with Crippen LogP contribution in [0.1, 0.15) is 61.6 Å². The van der Waals surface area contributed by atoms with Gasteiger partial charge in [0.2, 0.25) is 5.89 Å². The zero-order chi connectivity index (χ0) is 20.7. The third-order valence-electron chi connectivity index (χ3n) is 4.31. The number of fused-ring (bicyclic) bond motifs is 1. The van der Waals surface area contributed by atoms with E-state index in [1.165, 1.54) is 24.5 Å². The van der Waals surface area contributed by atoms with Crippen molar-refractivity contribution in [1.29, 1.82) is 0 Å². The number of rotatable bonds is 5. The van der Waals surface area contributed by atoms with Crippen LogP contribution in [0.2, 0.25) is 0 Å². The van der Waals surface area contributed by atoms with Gasteiger partial charge >= 0.3 is 0 Å². The van der Waals surface area contributed by atoms with E-state index < -0.39 is 5.54 Å². The van der Waals surface area contributed by atoms with E-state index >= 15 is 0 Å². The second-order valence-electron chi connectivity index (χ2n) is 8.21. The molecule has 0 bridgehead atoms. The van der Waals surface area contributed by atoms with Crippen LogP contribution in [0, 0.1) is 5.82 Å². The Morgan fingerprint density at radius 3 is 2.61 bits per heavy atom. The lowest BCUT2D eigenvalue weighted by Crippen LogP contribution is -2.42. The number of halogens is 1. The van der Waals surface area contributed by atoms with Crippen molar-refractivity contribution in [3.8, 4) is 0 Å². The van der Waals surface area contributed by atoms with E-state index in [-0.39, 0.29) is 23.7 Å². The van der Waals surface area contributed by atoms with Crippen molar-refractivity contribution in [2.75, 3.05) is 7.11 Å². The summed E-state index contributed by atoms with van der Waals surface area (Å²) < 4.78 is 25.6. The molecule has 1 N–H and O–H groups in total. The number of hydrogen-bond acceptors (Lipinski definition) is 6. The average Bonchev–Trinajstić information content (AvgIpc) is 3.21. The highest BCUT2D eigenvalue weighted by Crippen LogP contribution is 2.34. The van der Waals surface area contributed by atoms with E-state index in [1.54, 1.807) is 26.0 Å². The molecule has 0 fully saturated rings. The Morgan fingerprint density at radius 2 is 2.00 bits per heavy atom. The summed E-state index contributed by atoms with van der Waals surface area (Å²) in [6.07, 6.45) is 0. The Bertz CT molecular complexity index is 1020. The molecule has 2 heterocycles. The smallest absolute Gasteiger partial charge is 0.262 e. The monoisotopic (exact) mass is 405 g/mol. The van der Waals surface area contributed by atoms with Crippen molar-refractivity contribution in [3.05, 3.63) is 46.2 Å². The van der Waals surface area contributed by atoms with Crippen LogP contribution in [0.25, 0.3) is 10.1 Å². The summed E-state index contributed by atoms with van der Waals surface area (Å²) in [5.41, 5.74) is -0.624. The normalized spacial score (nSPS) is 12.5. The minimum absolute atomic E-state index is 0.139. The molecule has 3 aromatic rings. The number of thiophene rings is 1. The fourth-order valence-corrected chi connectivity index (χ4v) is 3.93. The summed E-state index contributed by atoms with van der Waals surface area (Å²) in [6.45, 7) is 9.65. The second-order valence-corrected chi connectivity index (χ2v) is 9.26. The third-order valence-corrected chi connectivity index (χ3v) is 5.51. The summed E-state index contributed by atoms with van der Waals surface area (Å²) in [4.78, 5) is 17.9. The first-order valence-electron chi connectivity index (χ1n) is 8.90. The number of methoxy groups -OCH3 is 1. The Labute approximate surface area is 167 Å². The number of ether oxygens (including phenoxy) is 1. The van der Waals surface area contributed by atoms with E-state index in [9.17, 15) is 9.18 Å². The molecular formula is C20H24FN3O3S. The van der Waals surface area contributed by atoms with Gasteiger partial charge in [0.05, 0.1) is 17.0 Å². The maximum atomic E-state index is 14.4. The zero-order valence-electron chi connectivity index (χ0n) is 16.8. The lowest BCUT2D eigenvalue weighted by molar-refractivity contribution is 0.0907. The van der Waals surface area contributed by atoms with Gasteiger partial charge in [0.15, 0.2) is 5.82 Å². The van der Waals surface area contributed by atoms with Gasteiger partial charge in [-0.15, -0.1) is 11.3 Å². The summed E-state index contributed by atoms with van der Waals surface area (Å²) in [6, 6.07) is 4.80. The lowest BCUT2D eigenvalue weighted by atomic mass is 9.97. The molecule has 0 spiro atoms. The fraction of sp³-hybridized carbons (Fsp3) is 0.450. The first-order chi connectivity index (χ1) is 13.0. The molecule has 2 aromatic heterocycles. The van der Waals surface area contributed by atoms with Crippen LogP contribution in [-0.4, -0.2) is 23.2 Å². The van der Waals surface area contributed by atoms with Gasteiger partial charge in [0, 0.05) is 28.2 Å². The molecule has 3 rings (SSSR count). The maximum absolute atomic E-state index is 14.4. The number of nitrogens with one attached hydrogen (secondary N) is 1. The van der Waals surface area contributed by atoms with Crippen molar-refractivity contribution in [2.45, 2.75) is 52.2 Å². The molecule has 0 saturated carbocycles.